The Bertz CT molecular complexity index is 495. The van der Waals surface area contributed by atoms with Crippen LogP contribution in [0.3, 0.4) is 0 Å². The fourth-order valence-electron chi connectivity index (χ4n) is 3.21. The third kappa shape index (κ3) is 3.37. The van der Waals surface area contributed by atoms with Gasteiger partial charge in [0.25, 0.3) is 0 Å². The lowest BCUT2D eigenvalue weighted by Crippen LogP contribution is -2.35. The highest BCUT2D eigenvalue weighted by molar-refractivity contribution is 5.79. The summed E-state index contributed by atoms with van der Waals surface area (Å²) in [7, 11) is 0. The van der Waals surface area contributed by atoms with Crippen LogP contribution in [0, 0.1) is 5.92 Å². The summed E-state index contributed by atoms with van der Waals surface area (Å²) in [5, 5.41) is 3.74. The second-order valence-corrected chi connectivity index (χ2v) is 6.23. The van der Waals surface area contributed by atoms with Gasteiger partial charge in [-0.3, -0.25) is 4.79 Å². The molecular weight excluding hydrogens is 246 g/mol. The Labute approximate surface area is 121 Å². The van der Waals surface area contributed by atoms with Crippen LogP contribution in [0.1, 0.15) is 44.6 Å². The van der Waals surface area contributed by atoms with Gasteiger partial charge < -0.3 is 5.32 Å². The van der Waals surface area contributed by atoms with Crippen LogP contribution in [0.15, 0.2) is 35.9 Å². The van der Waals surface area contributed by atoms with E-state index in [1.54, 1.807) is 0 Å². The lowest BCUT2D eigenvalue weighted by molar-refractivity contribution is -0.120. The standard InChI is InChI=1S/C18H23NO/c1-13(11-14-5-3-2-4-6-14)17-12-18(17)19-15-7-9-16(20)10-8-15/h2-6,11,15,17-19H,7-10,12H2,1H3/t17?,18-/m0/s1. The molecule has 0 heterocycles. The molecule has 20 heavy (non-hydrogen) atoms. The molecule has 2 aliphatic rings. The number of ketones is 1. The van der Waals surface area contributed by atoms with Crippen molar-refractivity contribution in [2.45, 2.75) is 51.1 Å². The quantitative estimate of drug-likeness (QED) is 0.905. The maximum Gasteiger partial charge on any atom is 0.133 e. The number of hydrogen-bond acceptors (Lipinski definition) is 2. The van der Waals surface area contributed by atoms with Crippen LogP contribution in [-0.2, 0) is 4.79 Å². The second-order valence-electron chi connectivity index (χ2n) is 6.23. The molecule has 2 saturated carbocycles. The Morgan fingerprint density at radius 1 is 1.20 bits per heavy atom. The lowest BCUT2D eigenvalue weighted by Gasteiger charge is -2.22. The van der Waals surface area contributed by atoms with E-state index in [1.807, 2.05) is 0 Å². The van der Waals surface area contributed by atoms with Crippen LogP contribution < -0.4 is 5.32 Å². The average molecular weight is 269 g/mol. The number of rotatable bonds is 4. The van der Waals surface area contributed by atoms with Crippen LogP contribution in [-0.4, -0.2) is 17.9 Å². The molecule has 0 spiro atoms. The van der Waals surface area contributed by atoms with Crippen LogP contribution in [0.4, 0.5) is 0 Å². The molecule has 0 amide bonds. The third-order valence-corrected chi connectivity index (χ3v) is 4.56. The van der Waals surface area contributed by atoms with Gasteiger partial charge in [0.2, 0.25) is 0 Å². The number of nitrogens with one attached hydrogen (secondary N) is 1. The van der Waals surface area contributed by atoms with E-state index >= 15 is 0 Å². The molecule has 2 fully saturated rings. The Balaban J connectivity index is 1.51. The van der Waals surface area contributed by atoms with E-state index in [-0.39, 0.29) is 0 Å². The van der Waals surface area contributed by atoms with E-state index in [0.29, 0.717) is 23.8 Å². The number of hydrogen-bond donors (Lipinski definition) is 1. The molecule has 2 atom stereocenters. The highest BCUT2D eigenvalue weighted by Gasteiger charge is 2.39. The number of carbonyl (C=O) groups excluding carboxylic acids is 1. The summed E-state index contributed by atoms with van der Waals surface area (Å²) in [4.78, 5) is 11.2. The summed E-state index contributed by atoms with van der Waals surface area (Å²) in [5.74, 6) is 1.13. The molecule has 0 radical (unpaired) electrons. The Morgan fingerprint density at radius 2 is 1.90 bits per heavy atom. The van der Waals surface area contributed by atoms with E-state index in [9.17, 15) is 4.79 Å². The van der Waals surface area contributed by atoms with Crippen molar-refractivity contribution in [1.29, 1.82) is 0 Å². The van der Waals surface area contributed by atoms with Gasteiger partial charge in [-0.05, 0) is 37.7 Å². The van der Waals surface area contributed by atoms with E-state index in [1.165, 1.54) is 17.6 Å². The van der Waals surface area contributed by atoms with Crippen LogP contribution in [0.25, 0.3) is 6.08 Å². The number of Topliss-reactive ketones (excluding diaryl/α,β-unsaturated/α-hetero) is 1. The van der Waals surface area contributed by atoms with Gasteiger partial charge in [0.05, 0.1) is 0 Å². The Kier molecular flexibility index (Phi) is 4.02. The fourth-order valence-corrected chi connectivity index (χ4v) is 3.21. The summed E-state index contributed by atoms with van der Waals surface area (Å²) < 4.78 is 0. The molecule has 1 unspecified atom stereocenters. The van der Waals surface area contributed by atoms with E-state index < -0.39 is 0 Å². The summed E-state index contributed by atoms with van der Waals surface area (Å²) in [6.45, 7) is 2.24. The second kappa shape index (κ2) is 5.92. The predicted molar refractivity (Wildman–Crippen MR) is 82.4 cm³/mol. The topological polar surface area (TPSA) is 29.1 Å². The van der Waals surface area contributed by atoms with Gasteiger partial charge in [-0.2, -0.15) is 0 Å². The largest absolute Gasteiger partial charge is 0.311 e. The molecule has 106 valence electrons. The monoisotopic (exact) mass is 269 g/mol. The highest BCUT2D eigenvalue weighted by atomic mass is 16.1. The van der Waals surface area contributed by atoms with Crippen molar-refractivity contribution in [2.75, 3.05) is 0 Å². The third-order valence-electron chi connectivity index (χ3n) is 4.56. The van der Waals surface area contributed by atoms with Crippen molar-refractivity contribution in [1.82, 2.24) is 5.32 Å². The van der Waals surface area contributed by atoms with Gasteiger partial charge >= 0.3 is 0 Å². The summed E-state index contributed by atoms with van der Waals surface area (Å²) in [6, 6.07) is 11.7. The first-order valence-corrected chi connectivity index (χ1v) is 7.73. The van der Waals surface area contributed by atoms with Crippen molar-refractivity contribution in [3.8, 4) is 0 Å². The molecular formula is C18H23NO. The zero-order chi connectivity index (χ0) is 13.9. The van der Waals surface area contributed by atoms with E-state index in [2.05, 4.69) is 48.6 Å². The molecule has 0 aliphatic heterocycles. The van der Waals surface area contributed by atoms with Crippen molar-refractivity contribution in [2.24, 2.45) is 5.92 Å². The SMILES string of the molecule is CC(=Cc1ccccc1)C1C[C@@H]1NC1CCC(=O)CC1. The molecule has 1 aromatic carbocycles. The van der Waals surface area contributed by atoms with Gasteiger partial charge in [-0.15, -0.1) is 0 Å². The van der Waals surface area contributed by atoms with Gasteiger partial charge in [-0.1, -0.05) is 42.0 Å². The molecule has 1 aromatic rings. The smallest absolute Gasteiger partial charge is 0.133 e. The first kappa shape index (κ1) is 13.6. The van der Waals surface area contributed by atoms with Gasteiger partial charge in [0.15, 0.2) is 0 Å². The fraction of sp³-hybridized carbons (Fsp3) is 0.500. The maximum absolute atomic E-state index is 11.2. The van der Waals surface area contributed by atoms with Crippen molar-refractivity contribution in [3.63, 3.8) is 0 Å². The van der Waals surface area contributed by atoms with Crippen molar-refractivity contribution >= 4 is 11.9 Å². The lowest BCUT2D eigenvalue weighted by atomic mass is 9.94. The van der Waals surface area contributed by atoms with Gasteiger partial charge in [-0.25, -0.2) is 0 Å². The maximum atomic E-state index is 11.2. The average Bonchev–Trinajstić information content (AvgIpc) is 3.22. The zero-order valence-corrected chi connectivity index (χ0v) is 12.1. The number of benzene rings is 1. The Hall–Kier alpha value is -1.41. The first-order valence-electron chi connectivity index (χ1n) is 7.73. The van der Waals surface area contributed by atoms with Crippen molar-refractivity contribution in [3.05, 3.63) is 41.5 Å². The first-order chi connectivity index (χ1) is 9.72. The molecule has 0 aromatic heterocycles. The van der Waals surface area contributed by atoms with Crippen LogP contribution >= 0.6 is 0 Å². The van der Waals surface area contributed by atoms with E-state index in [4.69, 9.17) is 0 Å². The molecule has 2 heteroatoms. The molecule has 2 nitrogen and oxygen atoms in total. The minimum absolute atomic E-state index is 0.440. The van der Waals surface area contributed by atoms with Gasteiger partial charge in [0, 0.05) is 24.9 Å². The molecule has 3 rings (SSSR count). The van der Waals surface area contributed by atoms with Gasteiger partial charge in [0.1, 0.15) is 5.78 Å². The number of carbonyl (C=O) groups is 1. The summed E-state index contributed by atoms with van der Waals surface area (Å²) in [5.41, 5.74) is 2.76. The molecule has 0 saturated heterocycles. The predicted octanol–water partition coefficient (Wildman–Crippen LogP) is 3.58. The van der Waals surface area contributed by atoms with Crippen LogP contribution in [0.2, 0.25) is 0 Å². The van der Waals surface area contributed by atoms with E-state index in [0.717, 1.165) is 25.7 Å². The highest BCUT2D eigenvalue weighted by Crippen LogP contribution is 2.39. The summed E-state index contributed by atoms with van der Waals surface area (Å²) >= 11 is 0. The Morgan fingerprint density at radius 3 is 2.60 bits per heavy atom. The molecule has 2 aliphatic carbocycles. The minimum atomic E-state index is 0.440. The normalized spacial score (nSPS) is 27.6. The molecule has 1 N–H and O–H groups in total. The van der Waals surface area contributed by atoms with Crippen LogP contribution in [0.5, 0.6) is 0 Å². The summed E-state index contributed by atoms with van der Waals surface area (Å²) in [6.07, 6.45) is 7.16. The molecule has 0 bridgehead atoms. The zero-order valence-electron chi connectivity index (χ0n) is 12.1. The van der Waals surface area contributed by atoms with Crippen molar-refractivity contribution < 1.29 is 4.79 Å². The minimum Gasteiger partial charge on any atom is -0.311 e.